The van der Waals surface area contributed by atoms with E-state index in [0.29, 0.717) is 59.0 Å². The lowest BCUT2D eigenvalue weighted by Crippen LogP contribution is -2.61. The van der Waals surface area contributed by atoms with Crippen molar-refractivity contribution in [1.82, 2.24) is 30.1 Å². The highest BCUT2D eigenvalue weighted by Crippen LogP contribution is 2.49. The number of rotatable bonds is 10. The first kappa shape index (κ1) is 38.4. The van der Waals surface area contributed by atoms with E-state index in [1.165, 1.54) is 6.07 Å². The summed E-state index contributed by atoms with van der Waals surface area (Å²) in [7, 11) is -2.56. The SMILES string of the molecule is COc1cc(Cn2cccn2)cc2onc(-c3c(N4CC5(CCN(C[C@@H]6CCN(c7ccc8c(c7)CN([C@H]7CCC(=O)NC7=O)C8=O)C6)CC5)C4)cccc3S(N)(=O)=O)c12. The smallest absolute Gasteiger partial charge is 0.255 e. The third kappa shape index (κ3) is 6.87. The number of piperidine rings is 2. The molecule has 312 valence electrons. The lowest BCUT2D eigenvalue weighted by molar-refractivity contribution is -0.136. The number of anilines is 2. The molecule has 5 aliphatic rings. The largest absolute Gasteiger partial charge is 0.496 e. The number of carbonyl (C=O) groups excluding carboxylic acids is 3. The van der Waals surface area contributed by atoms with Gasteiger partial charge in [0.05, 0.1) is 23.9 Å². The Balaban J connectivity index is 0.789. The molecule has 17 heteroatoms. The van der Waals surface area contributed by atoms with Crippen LogP contribution in [0.5, 0.6) is 5.75 Å². The molecule has 0 saturated carbocycles. The van der Waals surface area contributed by atoms with Crippen LogP contribution in [0.1, 0.15) is 53.6 Å². The standard InChI is InChI=1S/C43H47N9O7S/c1-58-34-18-28(23-51-14-3-13-45-51)19-35-39(34)40(47-59-35)38-32(4-2-5-36(38)60(44,56)57)50-25-43(26-50)11-16-48(17-12-43)21-27-10-15-49(22-27)30-6-7-31-29(20-30)24-52(42(31)55)33-8-9-37(53)46-41(33)54/h2-7,13-14,18-20,27,33H,8-12,15-17,21-26H2,1H3,(H2,44,56,57)(H,46,53,54)/t27-,33-/m0/s1. The average Bonchev–Trinajstić information content (AvgIpc) is 4.05. The molecule has 0 aliphatic carbocycles. The van der Waals surface area contributed by atoms with Gasteiger partial charge in [-0.1, -0.05) is 11.2 Å². The molecular weight excluding hydrogens is 787 g/mol. The number of nitrogens with one attached hydrogen (secondary N) is 1. The molecule has 0 unspecified atom stereocenters. The topological polar surface area (TPSA) is 189 Å². The van der Waals surface area contributed by atoms with Crippen molar-refractivity contribution in [1.29, 1.82) is 0 Å². The average molecular weight is 834 g/mol. The van der Waals surface area contributed by atoms with E-state index >= 15 is 0 Å². The van der Waals surface area contributed by atoms with Gasteiger partial charge < -0.3 is 28.9 Å². The van der Waals surface area contributed by atoms with E-state index in [1.807, 2.05) is 42.6 Å². The number of hydrogen-bond donors (Lipinski definition) is 2. The minimum absolute atomic E-state index is 0.0122. The molecule has 60 heavy (non-hydrogen) atoms. The van der Waals surface area contributed by atoms with Crippen molar-refractivity contribution < 1.29 is 32.1 Å². The molecule has 0 bridgehead atoms. The van der Waals surface area contributed by atoms with E-state index < -0.39 is 22.0 Å². The third-order valence-corrected chi connectivity index (χ3v) is 14.2. The Kier molecular flexibility index (Phi) is 9.44. The Morgan fingerprint density at radius 2 is 1.83 bits per heavy atom. The van der Waals surface area contributed by atoms with Gasteiger partial charge in [0.1, 0.15) is 17.5 Å². The number of methoxy groups -OCH3 is 1. The molecule has 16 nitrogen and oxygen atoms in total. The van der Waals surface area contributed by atoms with Crippen LogP contribution in [0.15, 0.2) is 76.4 Å². The summed E-state index contributed by atoms with van der Waals surface area (Å²) in [6.07, 6.45) is 7.36. The second kappa shape index (κ2) is 14.7. The van der Waals surface area contributed by atoms with Gasteiger partial charge in [-0.05, 0) is 104 Å². The molecule has 4 fully saturated rings. The molecule has 2 aromatic heterocycles. The van der Waals surface area contributed by atoms with Crippen molar-refractivity contribution >= 4 is 50.1 Å². The minimum atomic E-state index is -4.13. The zero-order valence-corrected chi connectivity index (χ0v) is 34.2. The number of sulfonamides is 1. The van der Waals surface area contributed by atoms with E-state index in [2.05, 4.69) is 36.3 Å². The number of primary sulfonamides is 1. The van der Waals surface area contributed by atoms with Crippen LogP contribution < -0.4 is 25.0 Å². The summed E-state index contributed by atoms with van der Waals surface area (Å²) >= 11 is 0. The van der Waals surface area contributed by atoms with Crippen molar-refractivity contribution in [3.63, 3.8) is 0 Å². The summed E-state index contributed by atoms with van der Waals surface area (Å²) < 4.78 is 39.7. The lowest BCUT2D eigenvalue weighted by Gasteiger charge is -2.55. The minimum Gasteiger partial charge on any atom is -0.496 e. The molecule has 2 atom stereocenters. The van der Waals surface area contributed by atoms with Crippen molar-refractivity contribution in [3.8, 4) is 17.0 Å². The first-order valence-electron chi connectivity index (χ1n) is 20.5. The zero-order valence-electron chi connectivity index (χ0n) is 33.4. The number of nitrogens with two attached hydrogens (primary N) is 1. The van der Waals surface area contributed by atoms with Gasteiger partial charge in [0.2, 0.25) is 21.8 Å². The molecule has 4 saturated heterocycles. The summed E-state index contributed by atoms with van der Waals surface area (Å²) in [4.78, 5) is 46.2. The molecule has 5 aliphatic heterocycles. The monoisotopic (exact) mass is 833 g/mol. The fourth-order valence-corrected chi connectivity index (χ4v) is 10.9. The molecule has 5 aromatic rings. The Hall–Kier alpha value is -5.78. The van der Waals surface area contributed by atoms with Gasteiger partial charge in [0.15, 0.2) is 5.58 Å². The van der Waals surface area contributed by atoms with Crippen LogP contribution in [0.2, 0.25) is 0 Å². The number of carbonyl (C=O) groups is 3. The van der Waals surface area contributed by atoms with Gasteiger partial charge in [-0.3, -0.25) is 24.4 Å². The third-order valence-electron chi connectivity index (χ3n) is 13.3. The summed E-state index contributed by atoms with van der Waals surface area (Å²) in [6.45, 7) is 7.36. The second-order valence-corrected chi connectivity index (χ2v) is 18.6. The molecular formula is C43H47N9O7S. The number of hydrogen-bond acceptors (Lipinski definition) is 12. The Labute approximate surface area is 347 Å². The van der Waals surface area contributed by atoms with Crippen LogP contribution in [0.3, 0.4) is 0 Å². The molecule has 7 heterocycles. The predicted octanol–water partition coefficient (Wildman–Crippen LogP) is 3.59. The Morgan fingerprint density at radius 1 is 1.00 bits per heavy atom. The van der Waals surface area contributed by atoms with Crippen molar-refractivity contribution in [3.05, 3.63) is 83.7 Å². The van der Waals surface area contributed by atoms with E-state index in [9.17, 15) is 22.8 Å². The number of ether oxygens (including phenoxy) is 1. The number of benzene rings is 3. The Bertz CT molecular complexity index is 2630. The number of amides is 3. The zero-order chi connectivity index (χ0) is 41.3. The van der Waals surface area contributed by atoms with E-state index in [4.69, 9.17) is 14.4 Å². The summed E-state index contributed by atoms with van der Waals surface area (Å²) in [5, 5.41) is 17.5. The van der Waals surface area contributed by atoms with Crippen LogP contribution in [-0.4, -0.2) is 110 Å². The van der Waals surface area contributed by atoms with Crippen LogP contribution in [0, 0.1) is 11.3 Å². The maximum absolute atomic E-state index is 13.2. The fourth-order valence-electron chi connectivity index (χ4n) is 10.2. The lowest BCUT2D eigenvalue weighted by atomic mass is 9.71. The van der Waals surface area contributed by atoms with Gasteiger partial charge in [-0.2, -0.15) is 5.10 Å². The maximum atomic E-state index is 13.2. The molecule has 3 N–H and O–H groups in total. The highest BCUT2D eigenvalue weighted by atomic mass is 32.2. The van der Waals surface area contributed by atoms with Gasteiger partial charge >= 0.3 is 0 Å². The number of imide groups is 1. The molecule has 3 aromatic carbocycles. The second-order valence-electron chi connectivity index (χ2n) is 17.1. The highest BCUT2D eigenvalue weighted by molar-refractivity contribution is 7.89. The number of aromatic nitrogens is 3. The number of nitrogens with zero attached hydrogens (tertiary/aromatic N) is 7. The highest BCUT2D eigenvalue weighted by Gasteiger charge is 2.46. The van der Waals surface area contributed by atoms with E-state index in [-0.39, 0.29) is 28.5 Å². The van der Waals surface area contributed by atoms with Crippen LogP contribution >= 0.6 is 0 Å². The summed E-state index contributed by atoms with van der Waals surface area (Å²) in [5.41, 5.74) is 5.68. The molecule has 3 amide bonds. The molecule has 10 rings (SSSR count). The van der Waals surface area contributed by atoms with Gasteiger partial charge in [0.25, 0.3) is 5.91 Å². The fraction of sp³-hybridized carbons (Fsp3) is 0.419. The van der Waals surface area contributed by atoms with Gasteiger partial charge in [-0.15, -0.1) is 0 Å². The maximum Gasteiger partial charge on any atom is 0.255 e. The van der Waals surface area contributed by atoms with Crippen LogP contribution in [0.25, 0.3) is 22.2 Å². The summed E-state index contributed by atoms with van der Waals surface area (Å²) in [6, 6.07) is 16.2. The summed E-state index contributed by atoms with van der Waals surface area (Å²) in [5.74, 6) is 0.198. The quantitative estimate of drug-likeness (QED) is 0.195. The molecule has 1 spiro atoms. The normalized spacial score (nSPS) is 21.8. The van der Waals surface area contributed by atoms with Crippen molar-refractivity contribution in [2.24, 2.45) is 16.5 Å². The molecule has 0 radical (unpaired) electrons. The van der Waals surface area contributed by atoms with Crippen molar-refractivity contribution in [2.45, 2.75) is 56.1 Å². The van der Waals surface area contributed by atoms with E-state index in [1.54, 1.807) is 29.0 Å². The van der Waals surface area contributed by atoms with Crippen LogP contribution in [0.4, 0.5) is 11.4 Å². The van der Waals surface area contributed by atoms with Gasteiger partial charge in [0, 0.05) is 86.0 Å². The van der Waals surface area contributed by atoms with E-state index in [0.717, 1.165) is 87.6 Å². The number of likely N-dealkylation sites (tertiary alicyclic amines) is 1. The number of fused-ring (bicyclic) bond motifs is 2. The Morgan fingerprint density at radius 3 is 2.58 bits per heavy atom. The predicted molar refractivity (Wildman–Crippen MR) is 222 cm³/mol. The van der Waals surface area contributed by atoms with Crippen LogP contribution in [-0.2, 0) is 32.7 Å². The first-order valence-corrected chi connectivity index (χ1v) is 22.1. The first-order chi connectivity index (χ1) is 28.9. The van der Waals surface area contributed by atoms with Gasteiger partial charge in [-0.25, -0.2) is 13.6 Å². The van der Waals surface area contributed by atoms with Crippen molar-refractivity contribution in [2.75, 3.05) is 62.7 Å².